The zero-order chi connectivity index (χ0) is 17.6. The van der Waals surface area contributed by atoms with Crippen molar-refractivity contribution in [2.24, 2.45) is 0 Å². The van der Waals surface area contributed by atoms with Gasteiger partial charge in [-0.05, 0) is 33.3 Å². The summed E-state index contributed by atoms with van der Waals surface area (Å²) in [6.07, 6.45) is 2.95. The molecule has 3 rings (SSSR count). The number of hydrogen-bond donors (Lipinski definition) is 2. The Morgan fingerprint density at radius 1 is 1.42 bits per heavy atom. The lowest BCUT2D eigenvalue weighted by Crippen LogP contribution is -2.54. The fourth-order valence-electron chi connectivity index (χ4n) is 2.96. The third-order valence-electron chi connectivity index (χ3n) is 4.05. The van der Waals surface area contributed by atoms with Crippen LogP contribution in [0.4, 0.5) is 10.5 Å². The topological polar surface area (TPSA) is 101 Å². The standard InChI is InChI=1S/C15H22N4O4S/c1-14(2,3)23-13(20)19-7-5-15(10-19)9-17-11-4-6-16-8-12(11)24(21,22)18-15/h4,6,8,17-18H,5,7,9-10H2,1-3H3. The average Bonchev–Trinajstić information content (AvgIpc) is 2.83. The van der Waals surface area contributed by atoms with E-state index in [9.17, 15) is 13.2 Å². The Bertz CT molecular complexity index is 759. The van der Waals surface area contributed by atoms with E-state index < -0.39 is 27.3 Å². The van der Waals surface area contributed by atoms with Gasteiger partial charge in [-0.3, -0.25) is 4.98 Å². The maximum atomic E-state index is 12.6. The molecule has 2 aliphatic heterocycles. The number of nitrogens with zero attached hydrogens (tertiary/aromatic N) is 2. The third-order valence-corrected chi connectivity index (χ3v) is 5.65. The van der Waals surface area contributed by atoms with E-state index in [0.29, 0.717) is 25.2 Å². The van der Waals surface area contributed by atoms with Gasteiger partial charge in [0, 0.05) is 32.0 Å². The molecular weight excluding hydrogens is 332 g/mol. The number of nitrogens with one attached hydrogen (secondary N) is 2. The summed E-state index contributed by atoms with van der Waals surface area (Å²) in [6, 6.07) is 1.63. The highest BCUT2D eigenvalue weighted by Gasteiger charge is 2.46. The number of hydrogen-bond acceptors (Lipinski definition) is 6. The molecule has 1 aromatic heterocycles. The van der Waals surface area contributed by atoms with Crippen LogP contribution in [-0.4, -0.2) is 55.2 Å². The molecule has 1 unspecified atom stereocenters. The van der Waals surface area contributed by atoms with E-state index in [0.717, 1.165) is 0 Å². The van der Waals surface area contributed by atoms with Gasteiger partial charge in [-0.1, -0.05) is 0 Å². The molecular formula is C15H22N4O4S. The van der Waals surface area contributed by atoms with Crippen molar-refractivity contribution in [2.45, 2.75) is 43.2 Å². The number of rotatable bonds is 0. The smallest absolute Gasteiger partial charge is 0.410 e. The van der Waals surface area contributed by atoms with E-state index in [-0.39, 0.29) is 11.4 Å². The molecule has 9 heteroatoms. The quantitative estimate of drug-likeness (QED) is 0.725. The number of amides is 1. The van der Waals surface area contributed by atoms with Crippen molar-refractivity contribution in [3.05, 3.63) is 18.5 Å². The highest BCUT2D eigenvalue weighted by Crippen LogP contribution is 2.31. The molecule has 1 atom stereocenters. The summed E-state index contributed by atoms with van der Waals surface area (Å²) in [7, 11) is -3.71. The van der Waals surface area contributed by atoms with E-state index in [1.54, 1.807) is 37.9 Å². The Balaban J connectivity index is 1.81. The highest BCUT2D eigenvalue weighted by molar-refractivity contribution is 7.89. The van der Waals surface area contributed by atoms with Gasteiger partial charge in [0.05, 0.1) is 11.2 Å². The van der Waals surface area contributed by atoms with E-state index >= 15 is 0 Å². The normalized spacial score (nSPS) is 25.7. The summed E-state index contributed by atoms with van der Waals surface area (Å²) in [5.74, 6) is 0. The Hall–Kier alpha value is -1.87. The van der Waals surface area contributed by atoms with E-state index in [4.69, 9.17) is 4.74 Å². The van der Waals surface area contributed by atoms with Crippen molar-refractivity contribution in [2.75, 3.05) is 25.0 Å². The monoisotopic (exact) mass is 354 g/mol. The molecule has 8 nitrogen and oxygen atoms in total. The summed E-state index contributed by atoms with van der Waals surface area (Å²) in [5.41, 5.74) is -0.824. The second-order valence-electron chi connectivity index (χ2n) is 7.26. The molecule has 0 bridgehead atoms. The lowest BCUT2D eigenvalue weighted by molar-refractivity contribution is 0.0284. The second-order valence-corrected chi connectivity index (χ2v) is 8.91. The number of ether oxygens (including phenoxy) is 1. The van der Waals surface area contributed by atoms with Crippen LogP contribution < -0.4 is 10.0 Å². The van der Waals surface area contributed by atoms with Crippen molar-refractivity contribution in [1.82, 2.24) is 14.6 Å². The average molecular weight is 354 g/mol. The molecule has 1 amide bonds. The van der Waals surface area contributed by atoms with Gasteiger partial charge >= 0.3 is 6.09 Å². The molecule has 1 fully saturated rings. The van der Waals surface area contributed by atoms with Crippen LogP contribution in [0, 0.1) is 0 Å². The van der Waals surface area contributed by atoms with E-state index in [1.807, 2.05) is 0 Å². The van der Waals surface area contributed by atoms with Crippen LogP contribution in [0.1, 0.15) is 27.2 Å². The third kappa shape index (κ3) is 3.32. The van der Waals surface area contributed by atoms with Crippen LogP contribution in [0.3, 0.4) is 0 Å². The zero-order valence-corrected chi connectivity index (χ0v) is 14.8. The first-order chi connectivity index (χ1) is 11.1. The fourth-order valence-corrected chi connectivity index (χ4v) is 4.51. The van der Waals surface area contributed by atoms with Crippen LogP contribution in [0.25, 0.3) is 0 Å². The summed E-state index contributed by atoms with van der Waals surface area (Å²) in [4.78, 5) is 17.8. The maximum Gasteiger partial charge on any atom is 0.410 e. The predicted molar refractivity (Wildman–Crippen MR) is 88.2 cm³/mol. The Morgan fingerprint density at radius 2 is 2.17 bits per heavy atom. The van der Waals surface area contributed by atoms with Crippen molar-refractivity contribution in [3.63, 3.8) is 0 Å². The first-order valence-electron chi connectivity index (χ1n) is 7.80. The molecule has 1 aromatic rings. The van der Waals surface area contributed by atoms with Crippen molar-refractivity contribution >= 4 is 21.8 Å². The van der Waals surface area contributed by atoms with Crippen LogP contribution in [0.15, 0.2) is 23.4 Å². The van der Waals surface area contributed by atoms with Gasteiger partial charge in [-0.25, -0.2) is 17.9 Å². The van der Waals surface area contributed by atoms with E-state index in [2.05, 4.69) is 15.0 Å². The molecule has 0 radical (unpaired) electrons. The number of anilines is 1. The SMILES string of the molecule is CC(C)(C)OC(=O)N1CCC2(CNc3ccncc3S(=O)(=O)N2)C1. The van der Waals surface area contributed by atoms with Crippen LogP contribution in [0.2, 0.25) is 0 Å². The van der Waals surface area contributed by atoms with Gasteiger partial charge < -0.3 is 15.0 Å². The molecule has 0 saturated carbocycles. The van der Waals surface area contributed by atoms with E-state index in [1.165, 1.54) is 6.20 Å². The van der Waals surface area contributed by atoms with Crippen molar-refractivity contribution < 1.29 is 17.9 Å². The van der Waals surface area contributed by atoms with Crippen LogP contribution >= 0.6 is 0 Å². The summed E-state index contributed by atoms with van der Waals surface area (Å²) in [5, 5.41) is 3.16. The molecule has 0 aliphatic carbocycles. The van der Waals surface area contributed by atoms with Crippen LogP contribution in [-0.2, 0) is 14.8 Å². The molecule has 2 N–H and O–H groups in total. The summed E-state index contributed by atoms with van der Waals surface area (Å²) in [6.45, 7) is 6.49. The van der Waals surface area contributed by atoms with Crippen LogP contribution in [0.5, 0.6) is 0 Å². The molecule has 3 heterocycles. The maximum absolute atomic E-state index is 12.6. The Kier molecular flexibility index (Phi) is 3.95. The van der Waals surface area contributed by atoms with Gasteiger partial charge in [0.1, 0.15) is 10.5 Å². The van der Waals surface area contributed by atoms with Crippen molar-refractivity contribution in [1.29, 1.82) is 0 Å². The number of aromatic nitrogens is 1. The van der Waals surface area contributed by atoms with Crippen molar-refractivity contribution in [3.8, 4) is 0 Å². The molecule has 2 aliphatic rings. The minimum Gasteiger partial charge on any atom is -0.444 e. The molecule has 0 aromatic carbocycles. The number of fused-ring (bicyclic) bond motifs is 1. The molecule has 1 spiro atoms. The fraction of sp³-hybridized carbons (Fsp3) is 0.600. The minimum atomic E-state index is -3.71. The lowest BCUT2D eigenvalue weighted by Gasteiger charge is -2.29. The zero-order valence-electron chi connectivity index (χ0n) is 14.0. The Labute approximate surface area is 141 Å². The van der Waals surface area contributed by atoms with Gasteiger partial charge in [-0.2, -0.15) is 0 Å². The second kappa shape index (κ2) is 5.59. The summed E-state index contributed by atoms with van der Waals surface area (Å²) >= 11 is 0. The summed E-state index contributed by atoms with van der Waals surface area (Å²) < 4.78 is 33.4. The number of carbonyl (C=O) groups excluding carboxylic acids is 1. The van der Waals surface area contributed by atoms with Gasteiger partial charge in [-0.15, -0.1) is 0 Å². The Morgan fingerprint density at radius 3 is 2.88 bits per heavy atom. The number of likely N-dealkylation sites (tertiary alicyclic amines) is 1. The van der Waals surface area contributed by atoms with Gasteiger partial charge in [0.2, 0.25) is 10.0 Å². The number of pyridine rings is 1. The first-order valence-corrected chi connectivity index (χ1v) is 9.28. The highest BCUT2D eigenvalue weighted by atomic mass is 32.2. The number of sulfonamides is 1. The molecule has 1 saturated heterocycles. The molecule has 132 valence electrons. The predicted octanol–water partition coefficient (Wildman–Crippen LogP) is 1.16. The minimum absolute atomic E-state index is 0.123. The lowest BCUT2D eigenvalue weighted by atomic mass is 10.0. The first kappa shape index (κ1) is 17.0. The number of carbonyl (C=O) groups is 1. The van der Waals surface area contributed by atoms with Gasteiger partial charge in [0.15, 0.2) is 0 Å². The van der Waals surface area contributed by atoms with Gasteiger partial charge in [0.25, 0.3) is 0 Å². The largest absolute Gasteiger partial charge is 0.444 e. The molecule has 24 heavy (non-hydrogen) atoms.